The molecule has 18 heavy (non-hydrogen) atoms. The molecule has 0 aliphatic rings. The summed E-state index contributed by atoms with van der Waals surface area (Å²) < 4.78 is 5.65. The molecule has 0 spiro atoms. The van der Waals surface area contributed by atoms with Gasteiger partial charge in [0.1, 0.15) is 5.75 Å². The number of benzene rings is 1. The minimum Gasteiger partial charge on any atom is -0.492 e. The highest BCUT2D eigenvalue weighted by molar-refractivity contribution is 6.32. The van der Waals surface area contributed by atoms with Crippen molar-refractivity contribution in [1.82, 2.24) is 5.32 Å². The highest BCUT2D eigenvalue weighted by Crippen LogP contribution is 2.29. The highest BCUT2D eigenvalue weighted by Gasteiger charge is 2.08. The summed E-state index contributed by atoms with van der Waals surface area (Å²) >= 11 is 6.09. The fraction of sp³-hybridized carbons (Fsp3) is 0.462. The van der Waals surface area contributed by atoms with E-state index in [0.717, 1.165) is 12.0 Å². The average Bonchev–Trinajstić information content (AvgIpc) is 2.37. The number of hydrogen-bond acceptors (Lipinski definition) is 3. The monoisotopic (exact) mass is 270 g/mol. The number of amides is 1. The van der Waals surface area contributed by atoms with E-state index in [4.69, 9.17) is 22.1 Å². The highest BCUT2D eigenvalue weighted by atomic mass is 35.5. The Balaban J connectivity index is 2.52. The minimum atomic E-state index is 0.0138. The van der Waals surface area contributed by atoms with E-state index >= 15 is 0 Å². The summed E-state index contributed by atoms with van der Waals surface area (Å²) in [4.78, 5) is 11.1. The van der Waals surface area contributed by atoms with Crippen molar-refractivity contribution >= 4 is 17.5 Å². The lowest BCUT2D eigenvalue weighted by Gasteiger charge is -2.12. The standard InChI is InChI=1S/C13H19ClN2O2/c1-16-12(17)6-3-9-18-13-10(7-8-15)4-2-5-11(13)14/h2,4-5H,3,6-9,15H2,1H3,(H,16,17). The number of nitrogens with two attached hydrogens (primary N) is 1. The van der Waals surface area contributed by atoms with Crippen molar-refractivity contribution in [2.75, 3.05) is 20.2 Å². The average molecular weight is 271 g/mol. The number of para-hydroxylation sites is 1. The Labute approximate surface area is 112 Å². The van der Waals surface area contributed by atoms with Crippen molar-refractivity contribution in [3.63, 3.8) is 0 Å². The smallest absolute Gasteiger partial charge is 0.219 e. The zero-order valence-electron chi connectivity index (χ0n) is 10.5. The molecule has 1 aromatic rings. The van der Waals surface area contributed by atoms with Gasteiger partial charge in [0.25, 0.3) is 0 Å². The molecular weight excluding hydrogens is 252 g/mol. The molecular formula is C13H19ClN2O2. The van der Waals surface area contributed by atoms with Crippen LogP contribution in [0.15, 0.2) is 18.2 Å². The molecule has 4 nitrogen and oxygen atoms in total. The lowest BCUT2D eigenvalue weighted by molar-refractivity contribution is -0.120. The Bertz CT molecular complexity index is 397. The second-order valence-corrected chi connectivity index (χ2v) is 4.30. The Hall–Kier alpha value is -1.26. The van der Waals surface area contributed by atoms with Crippen LogP contribution >= 0.6 is 11.6 Å². The van der Waals surface area contributed by atoms with Gasteiger partial charge in [-0.15, -0.1) is 0 Å². The SMILES string of the molecule is CNC(=O)CCCOc1c(Cl)cccc1CCN. The third kappa shape index (κ3) is 4.55. The quantitative estimate of drug-likeness (QED) is 0.742. The van der Waals surface area contributed by atoms with E-state index in [0.29, 0.717) is 36.8 Å². The second kappa shape index (κ2) is 7.95. The Morgan fingerprint density at radius 2 is 2.28 bits per heavy atom. The van der Waals surface area contributed by atoms with Gasteiger partial charge >= 0.3 is 0 Å². The molecule has 0 saturated carbocycles. The molecule has 100 valence electrons. The zero-order chi connectivity index (χ0) is 13.4. The van der Waals surface area contributed by atoms with Crippen molar-refractivity contribution in [2.45, 2.75) is 19.3 Å². The number of rotatable bonds is 7. The summed E-state index contributed by atoms with van der Waals surface area (Å²) in [5.74, 6) is 0.696. The molecule has 5 heteroatoms. The van der Waals surface area contributed by atoms with Gasteiger partial charge in [-0.25, -0.2) is 0 Å². The number of halogens is 1. The maximum Gasteiger partial charge on any atom is 0.219 e. The van der Waals surface area contributed by atoms with E-state index in [1.54, 1.807) is 13.1 Å². The van der Waals surface area contributed by atoms with Crippen LogP contribution in [-0.2, 0) is 11.2 Å². The molecule has 0 saturated heterocycles. The van der Waals surface area contributed by atoms with Crippen LogP contribution in [0, 0.1) is 0 Å². The molecule has 1 aromatic carbocycles. The largest absolute Gasteiger partial charge is 0.492 e. The summed E-state index contributed by atoms with van der Waals surface area (Å²) in [5, 5.41) is 3.15. The molecule has 0 aliphatic heterocycles. The van der Waals surface area contributed by atoms with Gasteiger partial charge in [0.05, 0.1) is 11.6 Å². The summed E-state index contributed by atoms with van der Waals surface area (Å²) in [6, 6.07) is 5.62. The summed E-state index contributed by atoms with van der Waals surface area (Å²) in [7, 11) is 1.62. The molecule has 0 heterocycles. The molecule has 0 radical (unpaired) electrons. The Morgan fingerprint density at radius 1 is 1.50 bits per heavy atom. The Kier molecular flexibility index (Phi) is 6.54. The summed E-state index contributed by atoms with van der Waals surface area (Å²) in [6.07, 6.45) is 1.84. The van der Waals surface area contributed by atoms with E-state index in [-0.39, 0.29) is 5.91 Å². The molecule has 0 aliphatic carbocycles. The topological polar surface area (TPSA) is 64.3 Å². The number of carbonyl (C=O) groups is 1. The van der Waals surface area contributed by atoms with E-state index in [1.165, 1.54) is 0 Å². The van der Waals surface area contributed by atoms with Gasteiger partial charge in [-0.2, -0.15) is 0 Å². The van der Waals surface area contributed by atoms with E-state index < -0.39 is 0 Å². The van der Waals surface area contributed by atoms with Crippen LogP contribution in [-0.4, -0.2) is 26.1 Å². The van der Waals surface area contributed by atoms with Crippen molar-refractivity contribution < 1.29 is 9.53 Å². The fourth-order valence-electron chi connectivity index (χ4n) is 1.60. The summed E-state index contributed by atoms with van der Waals surface area (Å²) in [6.45, 7) is 1.02. The first kappa shape index (κ1) is 14.8. The predicted molar refractivity (Wildman–Crippen MR) is 73.0 cm³/mol. The van der Waals surface area contributed by atoms with Gasteiger partial charge in [0.2, 0.25) is 5.91 Å². The molecule has 0 aromatic heterocycles. The maximum atomic E-state index is 11.1. The predicted octanol–water partition coefficient (Wildman–Crippen LogP) is 1.75. The van der Waals surface area contributed by atoms with Crippen molar-refractivity contribution in [3.05, 3.63) is 28.8 Å². The van der Waals surface area contributed by atoms with Crippen LogP contribution in [0.1, 0.15) is 18.4 Å². The molecule has 0 bridgehead atoms. The van der Waals surface area contributed by atoms with Crippen LogP contribution < -0.4 is 15.8 Å². The molecule has 1 rings (SSSR count). The molecule has 1 amide bonds. The maximum absolute atomic E-state index is 11.1. The first-order chi connectivity index (χ1) is 8.69. The second-order valence-electron chi connectivity index (χ2n) is 3.89. The lowest BCUT2D eigenvalue weighted by Crippen LogP contribution is -2.18. The first-order valence-corrected chi connectivity index (χ1v) is 6.37. The minimum absolute atomic E-state index is 0.0138. The van der Waals surface area contributed by atoms with Crippen LogP contribution in [0.25, 0.3) is 0 Å². The molecule has 3 N–H and O–H groups in total. The van der Waals surface area contributed by atoms with Gasteiger partial charge in [-0.1, -0.05) is 23.7 Å². The number of nitrogens with one attached hydrogen (secondary N) is 1. The van der Waals surface area contributed by atoms with Crippen LogP contribution in [0.3, 0.4) is 0 Å². The number of carbonyl (C=O) groups excluding carboxylic acids is 1. The lowest BCUT2D eigenvalue weighted by atomic mass is 10.1. The van der Waals surface area contributed by atoms with Crippen molar-refractivity contribution in [1.29, 1.82) is 0 Å². The first-order valence-electron chi connectivity index (χ1n) is 6.00. The van der Waals surface area contributed by atoms with Gasteiger partial charge in [-0.05, 0) is 31.0 Å². The van der Waals surface area contributed by atoms with Gasteiger partial charge in [-0.3, -0.25) is 4.79 Å². The van der Waals surface area contributed by atoms with Gasteiger partial charge in [0.15, 0.2) is 0 Å². The number of hydrogen-bond donors (Lipinski definition) is 2. The van der Waals surface area contributed by atoms with Crippen molar-refractivity contribution in [2.24, 2.45) is 5.73 Å². The molecule has 0 unspecified atom stereocenters. The van der Waals surface area contributed by atoms with Crippen LogP contribution in [0.5, 0.6) is 5.75 Å². The van der Waals surface area contributed by atoms with Crippen LogP contribution in [0.4, 0.5) is 0 Å². The van der Waals surface area contributed by atoms with E-state index in [2.05, 4.69) is 5.32 Å². The normalized spacial score (nSPS) is 10.2. The Morgan fingerprint density at radius 3 is 2.94 bits per heavy atom. The van der Waals surface area contributed by atoms with E-state index in [1.807, 2.05) is 12.1 Å². The van der Waals surface area contributed by atoms with Crippen LogP contribution in [0.2, 0.25) is 5.02 Å². The van der Waals surface area contributed by atoms with Gasteiger partial charge in [0, 0.05) is 13.5 Å². The molecule has 0 atom stereocenters. The zero-order valence-corrected chi connectivity index (χ0v) is 11.3. The fourth-order valence-corrected chi connectivity index (χ4v) is 1.85. The number of ether oxygens (including phenoxy) is 1. The van der Waals surface area contributed by atoms with Crippen molar-refractivity contribution in [3.8, 4) is 5.75 Å². The van der Waals surface area contributed by atoms with Gasteiger partial charge < -0.3 is 15.8 Å². The van der Waals surface area contributed by atoms with E-state index in [9.17, 15) is 4.79 Å². The molecule has 0 fully saturated rings. The summed E-state index contributed by atoms with van der Waals surface area (Å²) in [5.41, 5.74) is 6.55. The third-order valence-corrected chi connectivity index (χ3v) is 2.83. The third-order valence-electron chi connectivity index (χ3n) is 2.54.